The molecule has 0 aliphatic heterocycles. The second-order valence-corrected chi connectivity index (χ2v) is 4.38. The fourth-order valence-corrected chi connectivity index (χ4v) is 2.10. The van der Waals surface area contributed by atoms with Crippen LogP contribution in [-0.2, 0) is 20.1 Å². The van der Waals surface area contributed by atoms with E-state index in [-0.39, 0.29) is 0 Å². The smallest absolute Gasteiger partial charge is 0.0893 e. The summed E-state index contributed by atoms with van der Waals surface area (Å²) in [5.41, 5.74) is 4.56. The molecular weight excluding hydrogens is 222 g/mol. The van der Waals surface area contributed by atoms with E-state index in [9.17, 15) is 0 Å². The lowest BCUT2D eigenvalue weighted by atomic mass is 10.2. The fraction of sp³-hybridized carbons (Fsp3) is 0.500. The lowest BCUT2D eigenvalue weighted by Gasteiger charge is -2.03. The van der Waals surface area contributed by atoms with E-state index >= 15 is 0 Å². The van der Waals surface area contributed by atoms with Crippen LogP contribution in [0.15, 0.2) is 5.38 Å². The van der Waals surface area contributed by atoms with Crippen molar-refractivity contribution in [1.82, 2.24) is 24.7 Å². The normalized spacial score (nSPS) is 10.9. The van der Waals surface area contributed by atoms with E-state index < -0.39 is 0 Å². The van der Waals surface area contributed by atoms with Crippen molar-refractivity contribution in [2.45, 2.75) is 26.9 Å². The van der Waals surface area contributed by atoms with E-state index in [1.54, 1.807) is 0 Å². The van der Waals surface area contributed by atoms with Crippen molar-refractivity contribution in [3.05, 3.63) is 28.0 Å². The molecule has 6 heteroatoms. The Morgan fingerprint density at radius 1 is 1.38 bits per heavy atom. The largest absolute Gasteiger partial charge is 0.307 e. The van der Waals surface area contributed by atoms with Crippen LogP contribution in [0.2, 0.25) is 0 Å². The molecule has 2 aromatic rings. The van der Waals surface area contributed by atoms with Crippen LogP contribution in [0.3, 0.4) is 0 Å². The van der Waals surface area contributed by atoms with Crippen molar-refractivity contribution in [2.24, 2.45) is 7.05 Å². The number of nitrogens with zero attached hydrogens (tertiary/aromatic N) is 4. The summed E-state index contributed by atoms with van der Waals surface area (Å²) < 4.78 is 5.74. The number of rotatable bonds is 4. The maximum absolute atomic E-state index is 4.38. The second kappa shape index (κ2) is 4.71. The third-order valence-corrected chi connectivity index (χ3v) is 3.23. The van der Waals surface area contributed by atoms with Crippen LogP contribution in [-0.4, -0.2) is 19.4 Å². The Kier molecular flexibility index (Phi) is 3.31. The van der Waals surface area contributed by atoms with Gasteiger partial charge in [-0.1, -0.05) is 4.49 Å². The van der Waals surface area contributed by atoms with Crippen LogP contribution in [0.5, 0.6) is 0 Å². The number of hydrogen-bond acceptors (Lipinski definition) is 5. The minimum atomic E-state index is 0.754. The Morgan fingerprint density at radius 3 is 2.75 bits per heavy atom. The second-order valence-electron chi connectivity index (χ2n) is 3.77. The molecule has 0 aliphatic rings. The first-order chi connectivity index (χ1) is 7.68. The highest BCUT2D eigenvalue weighted by Gasteiger charge is 2.08. The SMILES string of the molecule is Cc1nn(C)c(C)c1CNCc1csnn1. The Bertz CT molecular complexity index is 460. The van der Waals surface area contributed by atoms with Gasteiger partial charge in [0.2, 0.25) is 0 Å². The minimum Gasteiger partial charge on any atom is -0.307 e. The summed E-state index contributed by atoms with van der Waals surface area (Å²) in [5, 5.41) is 13.7. The summed E-state index contributed by atoms with van der Waals surface area (Å²) in [4.78, 5) is 0. The zero-order valence-corrected chi connectivity index (χ0v) is 10.5. The van der Waals surface area contributed by atoms with Crippen molar-refractivity contribution in [1.29, 1.82) is 0 Å². The summed E-state index contributed by atoms with van der Waals surface area (Å²) in [6, 6.07) is 0. The maximum Gasteiger partial charge on any atom is 0.0893 e. The van der Waals surface area contributed by atoms with Crippen LogP contribution in [0, 0.1) is 13.8 Å². The summed E-state index contributed by atoms with van der Waals surface area (Å²) in [5.74, 6) is 0. The average molecular weight is 237 g/mol. The van der Waals surface area contributed by atoms with Gasteiger partial charge in [-0.05, 0) is 25.4 Å². The molecule has 0 fully saturated rings. The van der Waals surface area contributed by atoms with Gasteiger partial charge in [0, 0.05) is 36.8 Å². The highest BCUT2D eigenvalue weighted by molar-refractivity contribution is 7.03. The van der Waals surface area contributed by atoms with Crippen LogP contribution in [0.1, 0.15) is 22.6 Å². The first-order valence-corrected chi connectivity index (χ1v) is 5.98. The minimum absolute atomic E-state index is 0.754. The number of aryl methyl sites for hydroxylation is 2. The predicted octanol–water partition coefficient (Wildman–Crippen LogP) is 1.18. The summed E-state index contributed by atoms with van der Waals surface area (Å²) >= 11 is 1.38. The summed E-state index contributed by atoms with van der Waals surface area (Å²) in [6.45, 7) is 5.70. The predicted molar refractivity (Wildman–Crippen MR) is 63.1 cm³/mol. The van der Waals surface area contributed by atoms with Crippen LogP contribution in [0.4, 0.5) is 0 Å². The molecule has 0 aromatic carbocycles. The molecule has 16 heavy (non-hydrogen) atoms. The van der Waals surface area contributed by atoms with Gasteiger partial charge in [-0.25, -0.2) is 0 Å². The molecular formula is C10H15N5S. The van der Waals surface area contributed by atoms with Crippen LogP contribution >= 0.6 is 11.5 Å². The monoisotopic (exact) mass is 237 g/mol. The lowest BCUT2D eigenvalue weighted by Crippen LogP contribution is -2.14. The highest BCUT2D eigenvalue weighted by Crippen LogP contribution is 2.11. The number of nitrogens with one attached hydrogen (secondary N) is 1. The van der Waals surface area contributed by atoms with E-state index in [0.29, 0.717) is 0 Å². The fourth-order valence-electron chi connectivity index (χ4n) is 1.65. The molecule has 0 unspecified atom stereocenters. The Hall–Kier alpha value is -1.27. The molecule has 0 spiro atoms. The van der Waals surface area contributed by atoms with Crippen molar-refractivity contribution >= 4 is 11.5 Å². The lowest BCUT2D eigenvalue weighted by molar-refractivity contribution is 0.670. The number of aromatic nitrogens is 4. The summed E-state index contributed by atoms with van der Waals surface area (Å²) in [7, 11) is 1.97. The molecule has 2 aromatic heterocycles. The zero-order chi connectivity index (χ0) is 11.5. The van der Waals surface area contributed by atoms with Crippen LogP contribution in [0.25, 0.3) is 0 Å². The Balaban J connectivity index is 1.95. The van der Waals surface area contributed by atoms with Gasteiger partial charge in [0.05, 0.1) is 11.4 Å². The Labute approximate surface area is 98.7 Å². The van der Waals surface area contributed by atoms with Crippen LogP contribution < -0.4 is 5.32 Å². The molecule has 86 valence electrons. The molecule has 0 saturated carbocycles. The molecule has 0 bridgehead atoms. The molecule has 5 nitrogen and oxygen atoms in total. The zero-order valence-electron chi connectivity index (χ0n) is 9.69. The van der Waals surface area contributed by atoms with Crippen molar-refractivity contribution < 1.29 is 0 Å². The first kappa shape index (κ1) is 11.2. The van der Waals surface area contributed by atoms with E-state index in [2.05, 4.69) is 26.9 Å². The number of hydrogen-bond donors (Lipinski definition) is 1. The average Bonchev–Trinajstić information content (AvgIpc) is 2.82. The van der Waals surface area contributed by atoms with Gasteiger partial charge in [0.1, 0.15) is 0 Å². The molecule has 0 amide bonds. The topological polar surface area (TPSA) is 55.6 Å². The van der Waals surface area contributed by atoms with Crippen molar-refractivity contribution in [3.63, 3.8) is 0 Å². The molecule has 2 rings (SSSR count). The van der Waals surface area contributed by atoms with E-state index in [1.165, 1.54) is 22.8 Å². The third kappa shape index (κ3) is 2.28. The van der Waals surface area contributed by atoms with Gasteiger partial charge < -0.3 is 5.32 Å². The van der Waals surface area contributed by atoms with Gasteiger partial charge in [-0.15, -0.1) is 5.10 Å². The molecule has 1 N–H and O–H groups in total. The molecule has 2 heterocycles. The molecule has 0 radical (unpaired) electrons. The molecule has 0 saturated heterocycles. The maximum atomic E-state index is 4.38. The van der Waals surface area contributed by atoms with Gasteiger partial charge in [0.25, 0.3) is 0 Å². The van der Waals surface area contributed by atoms with Gasteiger partial charge in [-0.2, -0.15) is 5.10 Å². The standard InChI is InChI=1S/C10H15N5S/c1-7-10(8(2)15(3)13-7)5-11-4-9-6-16-14-12-9/h6,11H,4-5H2,1-3H3. The van der Waals surface area contributed by atoms with E-state index in [4.69, 9.17) is 0 Å². The van der Waals surface area contributed by atoms with E-state index in [1.807, 2.05) is 24.0 Å². The summed E-state index contributed by atoms with van der Waals surface area (Å²) in [6.07, 6.45) is 0. The third-order valence-electron chi connectivity index (χ3n) is 2.67. The first-order valence-electron chi connectivity index (χ1n) is 5.14. The van der Waals surface area contributed by atoms with Crippen molar-refractivity contribution in [3.8, 4) is 0 Å². The molecule has 0 aliphatic carbocycles. The molecule has 0 atom stereocenters. The highest BCUT2D eigenvalue weighted by atomic mass is 32.1. The Morgan fingerprint density at radius 2 is 2.19 bits per heavy atom. The van der Waals surface area contributed by atoms with Gasteiger partial charge in [0.15, 0.2) is 0 Å². The van der Waals surface area contributed by atoms with Gasteiger partial charge >= 0.3 is 0 Å². The van der Waals surface area contributed by atoms with E-state index in [0.717, 1.165) is 24.5 Å². The van der Waals surface area contributed by atoms with Gasteiger partial charge in [-0.3, -0.25) is 4.68 Å². The van der Waals surface area contributed by atoms with Crippen molar-refractivity contribution in [2.75, 3.05) is 0 Å². The quantitative estimate of drug-likeness (QED) is 0.867.